The van der Waals surface area contributed by atoms with Gasteiger partial charge in [0.2, 0.25) is 0 Å². The molecule has 0 bridgehead atoms. The van der Waals surface area contributed by atoms with Crippen LogP contribution in [0, 0.1) is 0 Å². The lowest BCUT2D eigenvalue weighted by molar-refractivity contribution is 0.0526. The Kier molecular flexibility index (Phi) is 5.99. The van der Waals surface area contributed by atoms with Gasteiger partial charge in [-0.05, 0) is 24.6 Å². The summed E-state index contributed by atoms with van der Waals surface area (Å²) in [6.45, 7) is 7.02. The van der Waals surface area contributed by atoms with Gasteiger partial charge in [0.1, 0.15) is 0 Å². The summed E-state index contributed by atoms with van der Waals surface area (Å²) < 4.78 is 0.996. The Morgan fingerprint density at radius 1 is 1.10 bits per heavy atom. The van der Waals surface area contributed by atoms with Crippen molar-refractivity contribution in [3.63, 3.8) is 0 Å². The fraction of sp³-hybridized carbons (Fsp3) is 0.600. The molecule has 1 aliphatic heterocycles. The van der Waals surface area contributed by atoms with E-state index >= 15 is 0 Å². The molecule has 5 heteroatoms. The molecule has 4 nitrogen and oxygen atoms in total. The molecule has 2 atom stereocenters. The third kappa shape index (κ3) is 4.82. The minimum absolute atomic E-state index is 0.270. The lowest BCUT2D eigenvalue weighted by atomic mass is 10.1. The third-order valence-electron chi connectivity index (χ3n) is 3.65. The van der Waals surface area contributed by atoms with Crippen molar-refractivity contribution in [2.24, 2.45) is 0 Å². The van der Waals surface area contributed by atoms with Gasteiger partial charge in [-0.1, -0.05) is 28.1 Å². The smallest absolute Gasteiger partial charge is 0.0917 e. The Morgan fingerprint density at radius 2 is 1.70 bits per heavy atom. The van der Waals surface area contributed by atoms with Gasteiger partial charge in [-0.2, -0.15) is 0 Å². The first-order valence-electron chi connectivity index (χ1n) is 7.11. The zero-order valence-corrected chi connectivity index (χ0v) is 13.5. The topological polar surface area (TPSA) is 46.9 Å². The molecule has 1 aliphatic rings. The number of β-amino-alcohol motifs (C(OH)–C–C–N with tert-alkyl or cyclic N) is 2. The van der Waals surface area contributed by atoms with Gasteiger partial charge in [0.25, 0.3) is 0 Å². The van der Waals surface area contributed by atoms with Crippen molar-refractivity contribution in [3.05, 3.63) is 34.3 Å². The van der Waals surface area contributed by atoms with Crippen molar-refractivity contribution in [2.45, 2.75) is 19.1 Å². The van der Waals surface area contributed by atoms with Crippen LogP contribution in [0.5, 0.6) is 0 Å². The first kappa shape index (κ1) is 15.9. The van der Waals surface area contributed by atoms with Crippen LogP contribution in [0.3, 0.4) is 0 Å². The van der Waals surface area contributed by atoms with Crippen molar-refractivity contribution in [3.8, 4) is 0 Å². The average Bonchev–Trinajstić information content (AvgIpc) is 2.40. The lowest BCUT2D eigenvalue weighted by Crippen LogP contribution is -2.49. The number of rotatable bonds is 5. The first-order valence-corrected chi connectivity index (χ1v) is 7.90. The molecule has 112 valence electrons. The van der Waals surface area contributed by atoms with Gasteiger partial charge in [0.15, 0.2) is 0 Å². The second-order valence-electron chi connectivity index (χ2n) is 5.52. The van der Waals surface area contributed by atoms with Crippen LogP contribution in [0.15, 0.2) is 28.7 Å². The zero-order valence-electron chi connectivity index (χ0n) is 11.9. The minimum Gasteiger partial charge on any atom is -0.392 e. The highest BCUT2D eigenvalue weighted by Gasteiger charge is 2.20. The van der Waals surface area contributed by atoms with Crippen LogP contribution in [0.2, 0.25) is 0 Å². The molecular weight excluding hydrogens is 320 g/mol. The SMILES string of the molecule is C[C@H](O)CN1CCN(C[C@H](O)c2cccc(Br)c2)CC1. The fourth-order valence-electron chi connectivity index (χ4n) is 2.59. The summed E-state index contributed by atoms with van der Waals surface area (Å²) >= 11 is 3.43. The Morgan fingerprint density at radius 3 is 2.25 bits per heavy atom. The van der Waals surface area contributed by atoms with Crippen LogP contribution >= 0.6 is 15.9 Å². The molecule has 0 amide bonds. The Balaban J connectivity index is 1.80. The molecule has 20 heavy (non-hydrogen) atoms. The number of halogens is 1. The normalized spacial score (nSPS) is 20.8. The van der Waals surface area contributed by atoms with E-state index in [1.54, 1.807) is 0 Å². The number of benzene rings is 1. The minimum atomic E-state index is -0.448. The summed E-state index contributed by atoms with van der Waals surface area (Å²) in [5.41, 5.74) is 0.950. The van der Waals surface area contributed by atoms with Crippen molar-refractivity contribution in [1.82, 2.24) is 9.80 Å². The molecule has 0 unspecified atom stereocenters. The second kappa shape index (κ2) is 7.52. The summed E-state index contributed by atoms with van der Waals surface area (Å²) in [6, 6.07) is 7.84. The van der Waals surface area contributed by atoms with Crippen molar-refractivity contribution in [1.29, 1.82) is 0 Å². The molecule has 2 rings (SSSR count). The largest absolute Gasteiger partial charge is 0.392 e. The number of aliphatic hydroxyl groups excluding tert-OH is 2. The van der Waals surface area contributed by atoms with E-state index in [9.17, 15) is 10.2 Å². The lowest BCUT2D eigenvalue weighted by Gasteiger charge is -2.36. The molecule has 1 heterocycles. The Hall–Kier alpha value is -0.460. The van der Waals surface area contributed by atoms with E-state index in [0.717, 1.165) is 42.8 Å². The summed E-state index contributed by atoms with van der Waals surface area (Å²) in [6.07, 6.45) is -0.718. The van der Waals surface area contributed by atoms with Crippen molar-refractivity contribution >= 4 is 15.9 Å². The molecule has 1 saturated heterocycles. The second-order valence-corrected chi connectivity index (χ2v) is 6.44. The van der Waals surface area contributed by atoms with Gasteiger partial charge in [0.05, 0.1) is 12.2 Å². The Labute approximate surface area is 129 Å². The van der Waals surface area contributed by atoms with Crippen LogP contribution in [-0.2, 0) is 0 Å². The highest BCUT2D eigenvalue weighted by molar-refractivity contribution is 9.10. The Bertz CT molecular complexity index is 420. The monoisotopic (exact) mass is 342 g/mol. The maximum absolute atomic E-state index is 10.3. The van der Waals surface area contributed by atoms with Crippen LogP contribution < -0.4 is 0 Å². The van der Waals surface area contributed by atoms with Crippen molar-refractivity contribution in [2.75, 3.05) is 39.3 Å². The zero-order chi connectivity index (χ0) is 14.5. The quantitative estimate of drug-likeness (QED) is 0.850. The van der Waals surface area contributed by atoms with E-state index < -0.39 is 6.10 Å². The molecule has 1 aromatic carbocycles. The number of piperazine rings is 1. The van der Waals surface area contributed by atoms with Crippen LogP contribution in [0.1, 0.15) is 18.6 Å². The van der Waals surface area contributed by atoms with E-state index in [-0.39, 0.29) is 6.10 Å². The van der Waals surface area contributed by atoms with E-state index in [0.29, 0.717) is 6.54 Å². The highest BCUT2D eigenvalue weighted by Crippen LogP contribution is 2.19. The van der Waals surface area contributed by atoms with Crippen LogP contribution in [0.4, 0.5) is 0 Å². The predicted octanol–water partition coefficient (Wildman–Crippen LogP) is 1.48. The molecule has 0 aliphatic carbocycles. The van der Waals surface area contributed by atoms with Gasteiger partial charge in [-0.25, -0.2) is 0 Å². The van der Waals surface area contributed by atoms with Crippen LogP contribution in [0.25, 0.3) is 0 Å². The summed E-state index contributed by atoms with van der Waals surface area (Å²) in [5.74, 6) is 0. The van der Waals surface area contributed by atoms with E-state index in [1.165, 1.54) is 0 Å². The summed E-state index contributed by atoms with van der Waals surface area (Å²) in [7, 11) is 0. The third-order valence-corrected chi connectivity index (χ3v) is 4.15. The molecular formula is C15H23BrN2O2. The fourth-order valence-corrected chi connectivity index (χ4v) is 3.01. The highest BCUT2D eigenvalue weighted by atomic mass is 79.9. The summed E-state index contributed by atoms with van der Waals surface area (Å²) in [4.78, 5) is 4.55. The average molecular weight is 343 g/mol. The number of aliphatic hydroxyl groups is 2. The number of hydrogen-bond acceptors (Lipinski definition) is 4. The molecule has 0 radical (unpaired) electrons. The van der Waals surface area contributed by atoms with E-state index in [1.807, 2.05) is 31.2 Å². The van der Waals surface area contributed by atoms with E-state index in [4.69, 9.17) is 0 Å². The van der Waals surface area contributed by atoms with Crippen molar-refractivity contribution < 1.29 is 10.2 Å². The van der Waals surface area contributed by atoms with Crippen LogP contribution in [-0.4, -0.2) is 65.4 Å². The maximum Gasteiger partial charge on any atom is 0.0917 e. The molecule has 2 N–H and O–H groups in total. The number of hydrogen-bond donors (Lipinski definition) is 2. The predicted molar refractivity (Wildman–Crippen MR) is 83.7 cm³/mol. The first-order chi connectivity index (χ1) is 9.54. The molecule has 0 aromatic heterocycles. The van der Waals surface area contributed by atoms with Gasteiger partial charge < -0.3 is 10.2 Å². The van der Waals surface area contributed by atoms with Gasteiger partial charge in [-0.3, -0.25) is 9.80 Å². The maximum atomic E-state index is 10.3. The van der Waals surface area contributed by atoms with Gasteiger partial charge in [0, 0.05) is 43.7 Å². The van der Waals surface area contributed by atoms with Gasteiger partial charge in [-0.15, -0.1) is 0 Å². The molecule has 0 saturated carbocycles. The molecule has 1 aromatic rings. The molecule has 0 spiro atoms. The standard InChI is InChI=1S/C15H23BrN2O2/c1-12(19)10-17-5-7-18(8-6-17)11-15(20)13-3-2-4-14(16)9-13/h2-4,9,12,15,19-20H,5-8,10-11H2,1H3/t12-,15-/m0/s1. The van der Waals surface area contributed by atoms with Gasteiger partial charge >= 0.3 is 0 Å². The summed E-state index contributed by atoms with van der Waals surface area (Å²) in [5, 5.41) is 19.7. The molecule has 1 fully saturated rings. The van der Waals surface area contributed by atoms with E-state index in [2.05, 4.69) is 25.7 Å². The number of nitrogens with zero attached hydrogens (tertiary/aromatic N) is 2.